The molecule has 11 heteroatoms. The number of carbonyl (C=O) groups excluding carboxylic acids is 2. The molecule has 39 heavy (non-hydrogen) atoms. The Hall–Kier alpha value is -3.57. The van der Waals surface area contributed by atoms with E-state index in [0.717, 1.165) is 24.1 Å². The Kier molecular flexibility index (Phi) is 8.08. The summed E-state index contributed by atoms with van der Waals surface area (Å²) in [6.45, 7) is 2.37. The second-order valence-electron chi connectivity index (χ2n) is 9.89. The number of aromatic nitrogens is 2. The molecule has 1 aliphatic heterocycles. The van der Waals surface area contributed by atoms with E-state index in [1.165, 1.54) is 0 Å². The van der Waals surface area contributed by atoms with Gasteiger partial charge in [0.05, 0.1) is 16.7 Å². The van der Waals surface area contributed by atoms with Crippen LogP contribution in [-0.2, 0) is 31.2 Å². The lowest BCUT2D eigenvalue weighted by atomic mass is 10.1. The number of hydrogen-bond acceptors (Lipinski definition) is 5. The Morgan fingerprint density at radius 2 is 1.82 bits per heavy atom. The smallest absolute Gasteiger partial charge is 0.269 e. The van der Waals surface area contributed by atoms with Crippen LogP contribution in [0.2, 0.25) is 0 Å². The molecular weight excluding hydrogens is 521 g/mol. The van der Waals surface area contributed by atoms with Gasteiger partial charge in [0, 0.05) is 63.1 Å². The minimum Gasteiger partial charge on any atom is -0.486 e. The lowest BCUT2D eigenvalue weighted by Crippen LogP contribution is -2.48. The van der Waals surface area contributed by atoms with Gasteiger partial charge >= 0.3 is 0 Å². The number of amides is 2. The molecule has 2 fully saturated rings. The van der Waals surface area contributed by atoms with Crippen LogP contribution in [0, 0.1) is 5.82 Å². The Morgan fingerprint density at radius 3 is 2.49 bits per heavy atom. The van der Waals surface area contributed by atoms with Gasteiger partial charge in [0.15, 0.2) is 11.6 Å². The second kappa shape index (κ2) is 11.7. The molecule has 0 spiro atoms. The highest BCUT2D eigenvalue weighted by Gasteiger charge is 2.28. The van der Waals surface area contributed by atoms with E-state index in [9.17, 15) is 13.8 Å². The van der Waals surface area contributed by atoms with Crippen molar-refractivity contribution in [3.8, 4) is 5.75 Å². The van der Waals surface area contributed by atoms with E-state index >= 15 is 4.39 Å². The van der Waals surface area contributed by atoms with Crippen LogP contribution in [0.1, 0.15) is 56.4 Å². The Morgan fingerprint density at radius 1 is 1.10 bits per heavy atom. The highest BCUT2D eigenvalue weighted by Crippen LogP contribution is 2.39. The first-order chi connectivity index (χ1) is 18.8. The number of ether oxygens (including phenoxy) is 1. The zero-order valence-corrected chi connectivity index (χ0v) is 22.9. The molecule has 5 rings (SSSR count). The molecule has 9 nitrogen and oxygen atoms in total. The number of nitrogens with one attached hydrogen (secondary N) is 1. The highest BCUT2D eigenvalue weighted by molar-refractivity contribution is 7.81. The number of benzene rings is 2. The fraction of sp³-hybridized carbons (Fsp3) is 0.393. The summed E-state index contributed by atoms with van der Waals surface area (Å²) < 4.78 is 35.9. The van der Waals surface area contributed by atoms with Crippen molar-refractivity contribution in [2.45, 2.75) is 31.9 Å². The van der Waals surface area contributed by atoms with Gasteiger partial charge in [-0.25, -0.2) is 12.9 Å². The predicted octanol–water partition coefficient (Wildman–Crippen LogP) is 3.00. The average Bonchev–Trinajstić information content (AvgIpc) is 3.72. The van der Waals surface area contributed by atoms with Gasteiger partial charge in [0.1, 0.15) is 12.3 Å². The molecule has 1 N–H and O–H groups in total. The van der Waals surface area contributed by atoms with Crippen LogP contribution in [0.5, 0.6) is 5.75 Å². The molecule has 1 saturated heterocycles. The predicted molar refractivity (Wildman–Crippen MR) is 145 cm³/mol. The topological polar surface area (TPSA) is 96.8 Å². The van der Waals surface area contributed by atoms with Gasteiger partial charge in [-0.2, -0.15) is 5.10 Å². The number of rotatable bonds is 9. The third kappa shape index (κ3) is 6.36. The number of nitrogens with zero attached hydrogens (tertiary/aromatic N) is 4. The number of piperazine rings is 1. The molecule has 3 aromatic rings. The van der Waals surface area contributed by atoms with Gasteiger partial charge < -0.3 is 15.0 Å². The van der Waals surface area contributed by atoms with Gasteiger partial charge in [-0.05, 0) is 42.7 Å². The van der Waals surface area contributed by atoms with Crippen LogP contribution in [0.3, 0.4) is 0 Å². The summed E-state index contributed by atoms with van der Waals surface area (Å²) in [7, 11) is 0.705. The summed E-state index contributed by atoms with van der Waals surface area (Å²) in [6.07, 6.45) is 3.84. The Balaban J connectivity index is 1.14. The lowest BCUT2D eigenvalue weighted by Gasteiger charge is -2.33. The monoisotopic (exact) mass is 553 g/mol. The summed E-state index contributed by atoms with van der Waals surface area (Å²) in [4.78, 5) is 27.2. The van der Waals surface area contributed by atoms with Crippen molar-refractivity contribution >= 4 is 22.8 Å². The fourth-order valence-corrected chi connectivity index (χ4v) is 5.26. The van der Waals surface area contributed by atoms with Crippen molar-refractivity contribution in [2.24, 2.45) is 7.05 Å². The van der Waals surface area contributed by atoms with Crippen molar-refractivity contribution in [3.05, 3.63) is 82.4 Å². The molecule has 1 unspecified atom stereocenters. The van der Waals surface area contributed by atoms with E-state index in [-0.39, 0.29) is 30.7 Å². The van der Waals surface area contributed by atoms with Crippen LogP contribution in [0.25, 0.3) is 0 Å². The summed E-state index contributed by atoms with van der Waals surface area (Å²) in [5.74, 6) is -0.374. The van der Waals surface area contributed by atoms with E-state index in [1.807, 2.05) is 4.31 Å². The lowest BCUT2D eigenvalue weighted by molar-refractivity contribution is 0.0701. The molecular formula is C28H32FN5O4S. The first-order valence-electron chi connectivity index (χ1n) is 13.0. The maximum Gasteiger partial charge on any atom is 0.269 e. The minimum atomic E-state index is -1.03. The fourth-order valence-electron chi connectivity index (χ4n) is 4.59. The van der Waals surface area contributed by atoms with E-state index < -0.39 is 16.8 Å². The van der Waals surface area contributed by atoms with Gasteiger partial charge in [0.2, 0.25) is 0 Å². The normalized spacial score (nSPS) is 16.6. The van der Waals surface area contributed by atoms with Crippen molar-refractivity contribution in [3.63, 3.8) is 0 Å². The molecule has 0 radical (unpaired) electrons. The first-order valence-corrected chi connectivity index (χ1v) is 14.5. The number of halogens is 1. The van der Waals surface area contributed by atoms with E-state index in [1.54, 1.807) is 71.4 Å². The van der Waals surface area contributed by atoms with Crippen molar-refractivity contribution < 1.29 is 22.9 Å². The molecule has 2 amide bonds. The third-order valence-electron chi connectivity index (χ3n) is 7.09. The van der Waals surface area contributed by atoms with E-state index in [0.29, 0.717) is 48.9 Å². The molecule has 1 saturated carbocycles. The summed E-state index contributed by atoms with van der Waals surface area (Å²) in [5, 5.41) is 7.18. The molecule has 206 valence electrons. The zero-order valence-electron chi connectivity index (χ0n) is 22.1. The summed E-state index contributed by atoms with van der Waals surface area (Å²) in [6, 6.07) is 13.7. The van der Waals surface area contributed by atoms with Crippen LogP contribution in [-0.4, -0.2) is 67.4 Å². The number of aryl methyl sites for hydroxylation is 1. The second-order valence-corrected chi connectivity index (χ2v) is 11.3. The molecule has 1 atom stereocenters. The van der Waals surface area contributed by atoms with Gasteiger partial charge in [-0.15, -0.1) is 0 Å². The van der Waals surface area contributed by atoms with E-state index in [4.69, 9.17) is 4.74 Å². The summed E-state index contributed by atoms with van der Waals surface area (Å²) in [5.41, 5.74) is 3.05. The number of carbonyl (C=O) groups is 2. The summed E-state index contributed by atoms with van der Waals surface area (Å²) >= 11 is 0. The first kappa shape index (κ1) is 27.0. The molecule has 2 aromatic carbocycles. The van der Waals surface area contributed by atoms with Crippen LogP contribution in [0.15, 0.2) is 48.5 Å². The zero-order chi connectivity index (χ0) is 27.5. The molecule has 2 aliphatic rings. The van der Waals surface area contributed by atoms with Crippen molar-refractivity contribution in [1.82, 2.24) is 24.3 Å². The standard InChI is InChI=1S/C28H32FN5O4S/c1-32-24(16-23(31-32)20-10-11-20)27(35)30-17-22-4-3-5-25(26(22)29)38-18-19-6-8-21(9-7-19)28(36)33-12-14-34(15-13-33)39(2)37/h3-9,16,20H,10-15,17-18H2,1-2H3,(H,30,35). The molecule has 1 aliphatic carbocycles. The minimum absolute atomic E-state index is 0.0189. The molecule has 1 aromatic heterocycles. The highest BCUT2D eigenvalue weighted by atomic mass is 32.2. The van der Waals surface area contributed by atoms with Gasteiger partial charge in [0.25, 0.3) is 11.8 Å². The van der Waals surface area contributed by atoms with E-state index in [2.05, 4.69) is 10.4 Å². The average molecular weight is 554 g/mol. The number of hydrogen-bond donors (Lipinski definition) is 1. The van der Waals surface area contributed by atoms with Gasteiger partial charge in [-0.3, -0.25) is 14.3 Å². The van der Waals surface area contributed by atoms with Crippen LogP contribution >= 0.6 is 0 Å². The van der Waals surface area contributed by atoms with Gasteiger partial charge in [-0.1, -0.05) is 24.3 Å². The van der Waals surface area contributed by atoms with Crippen LogP contribution in [0.4, 0.5) is 4.39 Å². The van der Waals surface area contributed by atoms with Crippen LogP contribution < -0.4 is 10.1 Å². The van der Waals surface area contributed by atoms with Crippen molar-refractivity contribution in [2.75, 3.05) is 32.4 Å². The Bertz CT molecular complexity index is 1380. The maximum absolute atomic E-state index is 15.1. The third-order valence-corrected chi connectivity index (χ3v) is 8.19. The molecule has 0 bridgehead atoms. The van der Waals surface area contributed by atoms with Crippen molar-refractivity contribution in [1.29, 1.82) is 0 Å². The molecule has 2 heterocycles. The SMILES string of the molecule is Cn1nc(C2CC2)cc1C(=O)NCc1cccc(OCc2ccc(C(=O)N3CCN(S(C)=O)CC3)cc2)c1F. The quantitative estimate of drug-likeness (QED) is 0.440. The maximum atomic E-state index is 15.1. The largest absolute Gasteiger partial charge is 0.486 e. The Labute approximate surface area is 229 Å².